The molecule has 0 N–H and O–H groups in total. The van der Waals surface area contributed by atoms with E-state index in [2.05, 4.69) is 16.6 Å². The second-order valence-corrected chi connectivity index (χ2v) is 4.87. The van der Waals surface area contributed by atoms with Crippen LogP contribution in [0.3, 0.4) is 0 Å². The summed E-state index contributed by atoms with van der Waals surface area (Å²) >= 11 is 6.06. The Balaban J connectivity index is 4.97. The minimum Gasteiger partial charge on any atom is -0.320 e. The van der Waals surface area contributed by atoms with Gasteiger partial charge in [0.15, 0.2) is 0 Å². The lowest BCUT2D eigenvalue weighted by Gasteiger charge is -2.15. The van der Waals surface area contributed by atoms with Crippen molar-refractivity contribution in [2.75, 3.05) is 7.05 Å². The lowest BCUT2D eigenvalue weighted by atomic mass is 10.2. The van der Waals surface area contributed by atoms with Crippen molar-refractivity contribution < 1.29 is 4.79 Å². The SMILES string of the molecule is C=C(C)/N=C(/C)C(C)/N=C(Cl)\C=C(/C)N(C)C(C)=O. The average molecular weight is 284 g/mol. The third-order valence-corrected chi connectivity index (χ3v) is 2.82. The predicted octanol–water partition coefficient (Wildman–Crippen LogP) is 3.39. The van der Waals surface area contributed by atoms with Gasteiger partial charge >= 0.3 is 0 Å². The fourth-order valence-corrected chi connectivity index (χ4v) is 1.53. The van der Waals surface area contributed by atoms with E-state index in [9.17, 15) is 4.79 Å². The molecule has 0 fully saturated rings. The van der Waals surface area contributed by atoms with Crippen molar-refractivity contribution in [3.63, 3.8) is 0 Å². The summed E-state index contributed by atoms with van der Waals surface area (Å²) in [6.45, 7) is 12.6. The first kappa shape index (κ1) is 17.6. The van der Waals surface area contributed by atoms with Gasteiger partial charge in [-0.1, -0.05) is 18.2 Å². The smallest absolute Gasteiger partial charge is 0.223 e. The van der Waals surface area contributed by atoms with Gasteiger partial charge in [0, 0.05) is 31.1 Å². The van der Waals surface area contributed by atoms with Crippen LogP contribution in [-0.4, -0.2) is 34.8 Å². The molecule has 19 heavy (non-hydrogen) atoms. The molecule has 0 aliphatic heterocycles. The average Bonchev–Trinajstić information content (AvgIpc) is 2.26. The van der Waals surface area contributed by atoms with Gasteiger partial charge in [0.1, 0.15) is 5.17 Å². The number of aliphatic imine (C=N–C) groups is 2. The molecule has 0 radical (unpaired) electrons. The van der Waals surface area contributed by atoms with Crippen LogP contribution in [0, 0.1) is 0 Å². The van der Waals surface area contributed by atoms with E-state index < -0.39 is 0 Å². The Kier molecular flexibility index (Phi) is 7.30. The highest BCUT2D eigenvalue weighted by Gasteiger charge is 2.07. The minimum absolute atomic E-state index is 0.0497. The Morgan fingerprint density at radius 3 is 2.26 bits per heavy atom. The molecule has 1 unspecified atom stereocenters. The topological polar surface area (TPSA) is 45.0 Å². The first-order valence-corrected chi connectivity index (χ1v) is 6.39. The van der Waals surface area contributed by atoms with Gasteiger partial charge in [0.25, 0.3) is 0 Å². The van der Waals surface area contributed by atoms with E-state index in [1.165, 1.54) is 11.8 Å². The zero-order chi connectivity index (χ0) is 15.2. The largest absolute Gasteiger partial charge is 0.320 e. The molecule has 0 bridgehead atoms. The Hall–Kier alpha value is -1.42. The molecule has 0 saturated heterocycles. The van der Waals surface area contributed by atoms with Crippen LogP contribution in [0.2, 0.25) is 0 Å². The molecule has 1 atom stereocenters. The van der Waals surface area contributed by atoms with Crippen LogP contribution in [0.4, 0.5) is 0 Å². The highest BCUT2D eigenvalue weighted by atomic mass is 35.5. The van der Waals surface area contributed by atoms with Gasteiger partial charge in [-0.15, -0.1) is 0 Å². The van der Waals surface area contributed by atoms with Crippen molar-refractivity contribution >= 4 is 28.4 Å². The molecular formula is C14H22ClN3O. The van der Waals surface area contributed by atoms with E-state index in [0.29, 0.717) is 5.17 Å². The van der Waals surface area contributed by atoms with Gasteiger partial charge in [-0.3, -0.25) is 14.8 Å². The van der Waals surface area contributed by atoms with E-state index in [1.807, 2.05) is 20.8 Å². The van der Waals surface area contributed by atoms with Gasteiger partial charge < -0.3 is 4.90 Å². The molecule has 4 nitrogen and oxygen atoms in total. The highest BCUT2D eigenvalue weighted by Crippen LogP contribution is 2.06. The summed E-state index contributed by atoms with van der Waals surface area (Å²) in [5.74, 6) is -0.0497. The zero-order valence-electron chi connectivity index (χ0n) is 12.5. The van der Waals surface area contributed by atoms with Gasteiger partial charge in [-0.05, 0) is 33.8 Å². The molecule has 0 heterocycles. The van der Waals surface area contributed by atoms with Crippen molar-refractivity contribution in [2.45, 2.75) is 40.7 Å². The molecule has 0 rings (SSSR count). The van der Waals surface area contributed by atoms with Crippen LogP contribution in [0.15, 0.2) is 34.0 Å². The number of rotatable bonds is 5. The summed E-state index contributed by atoms with van der Waals surface area (Å²) in [4.78, 5) is 21.3. The Bertz CT molecular complexity index is 450. The third-order valence-electron chi connectivity index (χ3n) is 2.62. The van der Waals surface area contributed by atoms with E-state index >= 15 is 0 Å². The van der Waals surface area contributed by atoms with Crippen LogP contribution < -0.4 is 0 Å². The number of allylic oxidation sites excluding steroid dienone is 3. The molecule has 0 spiro atoms. The maximum absolute atomic E-state index is 11.2. The molecule has 0 aliphatic carbocycles. The summed E-state index contributed by atoms with van der Waals surface area (Å²) in [6, 6.07) is -0.129. The van der Waals surface area contributed by atoms with Gasteiger partial charge in [-0.2, -0.15) is 0 Å². The number of hydrogen-bond acceptors (Lipinski definition) is 3. The normalized spacial score (nSPS) is 15.2. The summed E-state index contributed by atoms with van der Waals surface area (Å²) in [5, 5.41) is 0.342. The van der Waals surface area contributed by atoms with E-state index in [4.69, 9.17) is 11.6 Å². The molecule has 1 amide bonds. The number of amides is 1. The fourth-order valence-electron chi connectivity index (χ4n) is 1.23. The third kappa shape index (κ3) is 6.91. The molecule has 5 heteroatoms. The lowest BCUT2D eigenvalue weighted by Crippen LogP contribution is -2.22. The Morgan fingerprint density at radius 2 is 1.84 bits per heavy atom. The molecule has 0 aromatic heterocycles. The molecule has 0 aromatic carbocycles. The second-order valence-electron chi connectivity index (χ2n) is 4.48. The summed E-state index contributed by atoms with van der Waals surface area (Å²) in [7, 11) is 1.69. The monoisotopic (exact) mass is 283 g/mol. The lowest BCUT2D eigenvalue weighted by molar-refractivity contribution is -0.125. The van der Waals surface area contributed by atoms with Gasteiger partial charge in [0.05, 0.1) is 6.04 Å². The Labute approximate surface area is 120 Å². The molecule has 0 aromatic rings. The van der Waals surface area contributed by atoms with Crippen molar-refractivity contribution in [3.05, 3.63) is 24.0 Å². The Morgan fingerprint density at radius 1 is 1.32 bits per heavy atom. The predicted molar refractivity (Wildman–Crippen MR) is 82.9 cm³/mol. The fraction of sp³-hybridized carbons (Fsp3) is 0.500. The maximum Gasteiger partial charge on any atom is 0.223 e. The van der Waals surface area contributed by atoms with Crippen LogP contribution >= 0.6 is 11.6 Å². The van der Waals surface area contributed by atoms with Crippen molar-refractivity contribution in [1.82, 2.24) is 4.90 Å². The standard InChI is InChI=1S/C14H22ClN3O/c1-9(2)16-11(4)12(5)17-14(15)8-10(3)18(7)13(6)19/h8,12H,1H2,2-7H3/b10-8+,16-11-,17-14+. The van der Waals surface area contributed by atoms with Crippen LogP contribution in [0.5, 0.6) is 0 Å². The van der Waals surface area contributed by atoms with E-state index in [0.717, 1.165) is 17.1 Å². The second kappa shape index (κ2) is 7.89. The summed E-state index contributed by atoms with van der Waals surface area (Å²) in [6.07, 6.45) is 1.66. The van der Waals surface area contributed by atoms with Crippen LogP contribution in [0.25, 0.3) is 0 Å². The number of nitrogens with zero attached hydrogens (tertiary/aromatic N) is 3. The molecule has 0 aliphatic rings. The quantitative estimate of drug-likeness (QED) is 0.713. The maximum atomic E-state index is 11.2. The first-order chi connectivity index (χ1) is 8.65. The molecule has 0 saturated carbocycles. The van der Waals surface area contributed by atoms with E-state index in [1.54, 1.807) is 20.0 Å². The zero-order valence-corrected chi connectivity index (χ0v) is 13.2. The number of halogens is 1. The highest BCUT2D eigenvalue weighted by molar-refractivity contribution is 6.68. The van der Waals surface area contributed by atoms with Gasteiger partial charge in [-0.25, -0.2) is 0 Å². The molecular weight excluding hydrogens is 262 g/mol. The summed E-state index contributed by atoms with van der Waals surface area (Å²) in [5.41, 5.74) is 2.32. The minimum atomic E-state index is -0.129. The molecule has 106 valence electrons. The first-order valence-electron chi connectivity index (χ1n) is 6.01. The summed E-state index contributed by atoms with van der Waals surface area (Å²) < 4.78 is 0. The number of carbonyl (C=O) groups is 1. The van der Waals surface area contributed by atoms with Crippen LogP contribution in [-0.2, 0) is 4.79 Å². The van der Waals surface area contributed by atoms with Crippen molar-refractivity contribution in [2.24, 2.45) is 9.98 Å². The van der Waals surface area contributed by atoms with Gasteiger partial charge in [0.2, 0.25) is 5.91 Å². The van der Waals surface area contributed by atoms with Crippen LogP contribution in [0.1, 0.15) is 34.6 Å². The number of carbonyl (C=O) groups excluding carboxylic acids is 1. The van der Waals surface area contributed by atoms with Crippen molar-refractivity contribution in [1.29, 1.82) is 0 Å². The number of hydrogen-bond donors (Lipinski definition) is 0. The van der Waals surface area contributed by atoms with E-state index in [-0.39, 0.29) is 11.9 Å². The van der Waals surface area contributed by atoms with Crippen molar-refractivity contribution in [3.8, 4) is 0 Å².